The van der Waals surface area contributed by atoms with Crippen LogP contribution in [0.4, 0.5) is 0 Å². The highest BCUT2D eigenvalue weighted by Gasteiger charge is 2.45. The molecule has 0 saturated carbocycles. The number of amidine groups is 1. The van der Waals surface area contributed by atoms with Crippen LogP contribution in [-0.4, -0.2) is 34.0 Å². The van der Waals surface area contributed by atoms with Crippen molar-refractivity contribution in [1.82, 2.24) is 9.88 Å². The maximum Gasteiger partial charge on any atom is 0.160 e. The summed E-state index contributed by atoms with van der Waals surface area (Å²) in [6, 6.07) is 13.1. The molecule has 0 unspecified atom stereocenters. The van der Waals surface area contributed by atoms with Crippen LogP contribution in [0.1, 0.15) is 36.7 Å². The van der Waals surface area contributed by atoms with Crippen molar-refractivity contribution in [3.63, 3.8) is 0 Å². The van der Waals surface area contributed by atoms with Crippen molar-refractivity contribution in [2.24, 2.45) is 4.99 Å². The maximum atomic E-state index is 5.40. The fourth-order valence-corrected chi connectivity index (χ4v) is 5.47. The Morgan fingerprint density at radius 2 is 2.20 bits per heavy atom. The van der Waals surface area contributed by atoms with Crippen LogP contribution >= 0.6 is 27.7 Å². The minimum atomic E-state index is 0.0262. The predicted molar refractivity (Wildman–Crippen MR) is 106 cm³/mol. The molecule has 0 amide bonds. The minimum Gasteiger partial charge on any atom is -0.496 e. The molecule has 0 N–H and O–H groups in total. The normalized spacial score (nSPS) is 25.0. The van der Waals surface area contributed by atoms with Gasteiger partial charge in [-0.15, -0.1) is 0 Å². The second-order valence-electron chi connectivity index (χ2n) is 6.23. The highest BCUT2D eigenvalue weighted by atomic mass is 79.9. The van der Waals surface area contributed by atoms with Crippen molar-refractivity contribution in [3.8, 4) is 5.75 Å². The molecule has 130 valence electrons. The lowest BCUT2D eigenvalue weighted by Crippen LogP contribution is -2.35. The van der Waals surface area contributed by atoms with Gasteiger partial charge in [0.25, 0.3) is 0 Å². The summed E-state index contributed by atoms with van der Waals surface area (Å²) in [5.74, 6) is 1.96. The molecule has 3 heterocycles. The first-order valence-corrected chi connectivity index (χ1v) is 10.2. The van der Waals surface area contributed by atoms with Gasteiger partial charge >= 0.3 is 0 Å². The van der Waals surface area contributed by atoms with E-state index in [2.05, 4.69) is 50.9 Å². The number of halogens is 1. The van der Waals surface area contributed by atoms with Crippen LogP contribution in [0.2, 0.25) is 0 Å². The number of hydrogen-bond donors (Lipinski definition) is 0. The second kappa shape index (κ2) is 7.00. The SMILES string of the molecule is CC[C@@H]1CSC2=N[C@H](c3ccccn3)[C@@H](c3ccc(OC)c(Br)c3)N21. The Morgan fingerprint density at radius 3 is 2.88 bits per heavy atom. The van der Waals surface area contributed by atoms with Crippen LogP contribution < -0.4 is 4.74 Å². The van der Waals surface area contributed by atoms with Crippen LogP contribution in [0, 0.1) is 0 Å². The number of benzene rings is 1. The average Bonchev–Trinajstić information content (AvgIpc) is 3.21. The smallest absolute Gasteiger partial charge is 0.160 e. The van der Waals surface area contributed by atoms with Gasteiger partial charge in [0.05, 0.1) is 23.3 Å². The van der Waals surface area contributed by atoms with Crippen LogP contribution in [0.3, 0.4) is 0 Å². The van der Waals surface area contributed by atoms with Gasteiger partial charge in [-0.05, 0) is 52.2 Å². The second-order valence-corrected chi connectivity index (χ2v) is 8.07. The number of pyridine rings is 1. The molecule has 2 aliphatic rings. The lowest BCUT2D eigenvalue weighted by Gasteiger charge is -2.32. The van der Waals surface area contributed by atoms with Crippen molar-refractivity contribution in [1.29, 1.82) is 0 Å². The fourth-order valence-electron chi connectivity index (χ4n) is 3.58. The third-order valence-electron chi connectivity index (χ3n) is 4.85. The Bertz CT molecular complexity index is 799. The third kappa shape index (κ3) is 2.95. The van der Waals surface area contributed by atoms with E-state index in [1.165, 1.54) is 5.56 Å². The van der Waals surface area contributed by atoms with E-state index in [-0.39, 0.29) is 12.1 Å². The molecular weight excluding hydrogens is 398 g/mol. The molecule has 1 aromatic heterocycles. The Balaban J connectivity index is 1.79. The molecule has 4 nitrogen and oxygen atoms in total. The monoisotopic (exact) mass is 417 g/mol. The number of rotatable bonds is 4. The highest BCUT2D eigenvalue weighted by molar-refractivity contribution is 9.10. The number of aromatic nitrogens is 1. The van der Waals surface area contributed by atoms with Crippen LogP contribution in [-0.2, 0) is 0 Å². The van der Waals surface area contributed by atoms with Crippen molar-refractivity contribution in [2.75, 3.05) is 12.9 Å². The van der Waals surface area contributed by atoms with Crippen molar-refractivity contribution in [2.45, 2.75) is 31.5 Å². The first-order valence-electron chi connectivity index (χ1n) is 8.46. The van der Waals surface area contributed by atoms with E-state index < -0.39 is 0 Å². The largest absolute Gasteiger partial charge is 0.496 e. The van der Waals surface area contributed by atoms with Crippen LogP contribution in [0.15, 0.2) is 52.1 Å². The number of nitrogens with zero attached hydrogens (tertiary/aromatic N) is 3. The lowest BCUT2D eigenvalue weighted by atomic mass is 9.95. The molecule has 0 aliphatic carbocycles. The Kier molecular flexibility index (Phi) is 4.73. The number of aliphatic imine (C=N–C) groups is 1. The number of ether oxygens (including phenoxy) is 1. The molecule has 0 spiro atoms. The number of fused-ring (bicyclic) bond motifs is 1. The first kappa shape index (κ1) is 16.9. The zero-order valence-electron chi connectivity index (χ0n) is 14.2. The van der Waals surface area contributed by atoms with Gasteiger partial charge in [0.15, 0.2) is 5.17 Å². The zero-order chi connectivity index (χ0) is 17.4. The van der Waals surface area contributed by atoms with Crippen LogP contribution in [0.25, 0.3) is 0 Å². The topological polar surface area (TPSA) is 37.7 Å². The molecule has 2 aliphatic heterocycles. The van der Waals surface area contributed by atoms with Gasteiger partial charge in [0.1, 0.15) is 11.8 Å². The molecule has 6 heteroatoms. The molecule has 0 radical (unpaired) electrons. The summed E-state index contributed by atoms with van der Waals surface area (Å²) < 4.78 is 6.37. The van der Waals surface area contributed by atoms with Gasteiger partial charge in [0.2, 0.25) is 0 Å². The van der Waals surface area contributed by atoms with Gasteiger partial charge in [-0.2, -0.15) is 0 Å². The van der Waals surface area contributed by atoms with Gasteiger partial charge in [-0.1, -0.05) is 30.8 Å². The molecule has 1 saturated heterocycles. The van der Waals surface area contributed by atoms with E-state index >= 15 is 0 Å². The third-order valence-corrected chi connectivity index (χ3v) is 6.59. The summed E-state index contributed by atoms with van der Waals surface area (Å²) >= 11 is 5.50. The van der Waals surface area contributed by atoms with Gasteiger partial charge in [0, 0.05) is 18.0 Å². The fraction of sp³-hybridized carbons (Fsp3) is 0.368. The molecule has 2 aromatic rings. The molecule has 3 atom stereocenters. The van der Waals surface area contributed by atoms with E-state index in [0.29, 0.717) is 6.04 Å². The quantitative estimate of drug-likeness (QED) is 0.713. The summed E-state index contributed by atoms with van der Waals surface area (Å²) in [6.45, 7) is 2.25. The lowest BCUT2D eigenvalue weighted by molar-refractivity contribution is 0.255. The number of methoxy groups -OCH3 is 1. The van der Waals surface area contributed by atoms with E-state index in [1.807, 2.05) is 36.2 Å². The summed E-state index contributed by atoms with van der Waals surface area (Å²) in [5, 5.41) is 1.15. The van der Waals surface area contributed by atoms with Gasteiger partial charge in [-0.3, -0.25) is 9.98 Å². The van der Waals surface area contributed by atoms with Gasteiger partial charge < -0.3 is 9.64 Å². The summed E-state index contributed by atoms with van der Waals surface area (Å²) in [5.41, 5.74) is 2.26. The van der Waals surface area contributed by atoms with Crippen LogP contribution in [0.5, 0.6) is 5.75 Å². The minimum absolute atomic E-state index is 0.0262. The average molecular weight is 418 g/mol. The molecule has 25 heavy (non-hydrogen) atoms. The number of hydrogen-bond acceptors (Lipinski definition) is 5. The summed E-state index contributed by atoms with van der Waals surface area (Å²) in [7, 11) is 1.69. The van der Waals surface area contributed by atoms with E-state index in [9.17, 15) is 0 Å². The van der Waals surface area contributed by atoms with Crippen molar-refractivity contribution in [3.05, 3.63) is 58.3 Å². The highest BCUT2D eigenvalue weighted by Crippen LogP contribution is 2.49. The van der Waals surface area contributed by atoms with Crippen molar-refractivity contribution < 1.29 is 4.74 Å². The number of thioether (sulfide) groups is 1. The molecule has 1 aromatic carbocycles. The van der Waals surface area contributed by atoms with E-state index in [1.54, 1.807) is 7.11 Å². The Morgan fingerprint density at radius 1 is 1.32 bits per heavy atom. The standard InChI is InChI=1S/C19H20BrN3OS/c1-3-13-11-25-19-22-17(15-6-4-5-9-21-15)18(23(13)19)12-7-8-16(24-2)14(20)10-12/h4-10,13,17-18H,3,11H2,1-2H3/t13-,17-,18-/m1/s1. The van der Waals surface area contributed by atoms with E-state index in [0.717, 1.165) is 33.3 Å². The molecule has 4 rings (SSSR count). The summed E-state index contributed by atoms with van der Waals surface area (Å²) in [4.78, 5) is 12.1. The zero-order valence-corrected chi connectivity index (χ0v) is 16.6. The Hall–Kier alpha value is -1.53. The van der Waals surface area contributed by atoms with Crippen molar-refractivity contribution >= 4 is 32.9 Å². The first-order chi connectivity index (χ1) is 12.2. The van der Waals surface area contributed by atoms with Gasteiger partial charge in [-0.25, -0.2) is 0 Å². The Labute approximate surface area is 160 Å². The summed E-state index contributed by atoms with van der Waals surface area (Å²) in [6.07, 6.45) is 2.97. The molecular formula is C19H20BrN3OS. The maximum absolute atomic E-state index is 5.40. The molecule has 0 bridgehead atoms. The predicted octanol–water partition coefficient (Wildman–Crippen LogP) is 4.83. The van der Waals surface area contributed by atoms with E-state index in [4.69, 9.17) is 9.73 Å². The molecule has 1 fully saturated rings.